The van der Waals surface area contributed by atoms with Crippen LogP contribution in [-0.2, 0) is 20.0 Å². The molecule has 42 heavy (non-hydrogen) atoms. The van der Waals surface area contributed by atoms with Crippen LogP contribution in [-0.4, -0.2) is 33.5 Å². The summed E-state index contributed by atoms with van der Waals surface area (Å²) in [7, 11) is -8.33. The molecule has 0 radical (unpaired) electrons. The van der Waals surface area contributed by atoms with Gasteiger partial charge in [-0.25, -0.2) is 13.1 Å². The van der Waals surface area contributed by atoms with Crippen LogP contribution >= 0.6 is 11.6 Å². The molecule has 0 heterocycles. The van der Waals surface area contributed by atoms with Crippen LogP contribution < -0.4 is 4.72 Å². The number of halogens is 1. The van der Waals surface area contributed by atoms with E-state index in [0.717, 1.165) is 15.5 Å². The Balaban J connectivity index is 1.93. The van der Waals surface area contributed by atoms with Gasteiger partial charge in [-0.15, -0.1) is 0 Å². The lowest BCUT2D eigenvalue weighted by Crippen LogP contribution is -2.49. The van der Waals surface area contributed by atoms with Gasteiger partial charge in [-0.2, -0.15) is 17.9 Å². The van der Waals surface area contributed by atoms with E-state index in [1.807, 2.05) is 45.9 Å². The predicted molar refractivity (Wildman–Crippen MR) is 169 cm³/mol. The van der Waals surface area contributed by atoms with Gasteiger partial charge in [0.25, 0.3) is 10.0 Å². The van der Waals surface area contributed by atoms with E-state index in [1.54, 1.807) is 60.7 Å². The Morgan fingerprint density at radius 2 is 1.26 bits per heavy atom. The Morgan fingerprint density at radius 1 is 0.738 bits per heavy atom. The molecule has 0 amide bonds. The van der Waals surface area contributed by atoms with E-state index in [-0.39, 0.29) is 15.7 Å². The van der Waals surface area contributed by atoms with Gasteiger partial charge in [0, 0.05) is 5.02 Å². The lowest BCUT2D eigenvalue weighted by Gasteiger charge is -2.37. The Bertz CT molecular complexity index is 1720. The quantitative estimate of drug-likeness (QED) is 0.148. The molecule has 0 aliphatic carbocycles. The van der Waals surface area contributed by atoms with Crippen molar-refractivity contribution in [3.05, 3.63) is 130 Å². The Labute approximate surface area is 254 Å². The fourth-order valence-electron chi connectivity index (χ4n) is 4.43. The number of hydrogen-bond acceptors (Lipinski definition) is 5. The van der Waals surface area contributed by atoms with Crippen molar-refractivity contribution < 1.29 is 16.8 Å². The van der Waals surface area contributed by atoms with Crippen LogP contribution in [0.3, 0.4) is 0 Å². The number of hydrazone groups is 1. The maximum absolute atomic E-state index is 14.4. The highest BCUT2D eigenvalue weighted by atomic mass is 35.5. The molecule has 4 aromatic rings. The number of nitrogens with one attached hydrogen (secondary N) is 1. The monoisotopic (exact) mass is 623 g/mol. The minimum Gasteiger partial charge on any atom is -0.207 e. The molecule has 0 bridgehead atoms. The van der Waals surface area contributed by atoms with Crippen molar-refractivity contribution in [3.8, 4) is 0 Å². The summed E-state index contributed by atoms with van der Waals surface area (Å²) in [4.78, 5) is 0.107. The third-order valence-corrected chi connectivity index (χ3v) is 10.2. The molecule has 7 nitrogen and oxygen atoms in total. The smallest absolute Gasteiger partial charge is 0.207 e. The standard InChI is InChI=1S/C32H34ClN3O4S2/c1-23(2)31(35-41(37,38)29-18-10-24(3)11-19-29)32(27-14-16-28(33)17-15-27)36(34-22-26-8-6-5-7-9-26)42(39,40)30-20-12-25(4)13-21-30/h5-23,31-32,35H,1-4H3/b34-22+. The van der Waals surface area contributed by atoms with Crippen molar-refractivity contribution in [3.63, 3.8) is 0 Å². The third kappa shape index (κ3) is 7.46. The zero-order valence-electron chi connectivity index (χ0n) is 23.8. The van der Waals surface area contributed by atoms with Gasteiger partial charge < -0.3 is 0 Å². The van der Waals surface area contributed by atoms with E-state index in [2.05, 4.69) is 9.82 Å². The average Bonchev–Trinajstić information content (AvgIpc) is 2.96. The normalized spacial score (nSPS) is 13.8. The van der Waals surface area contributed by atoms with Gasteiger partial charge in [-0.3, -0.25) is 0 Å². The lowest BCUT2D eigenvalue weighted by molar-refractivity contribution is 0.243. The van der Waals surface area contributed by atoms with Crippen LogP contribution in [0.25, 0.3) is 0 Å². The molecule has 0 aromatic heterocycles. The van der Waals surface area contributed by atoms with Crippen molar-refractivity contribution in [2.75, 3.05) is 0 Å². The summed E-state index contributed by atoms with van der Waals surface area (Å²) < 4.78 is 59.9. The van der Waals surface area contributed by atoms with Crippen molar-refractivity contribution in [2.24, 2.45) is 11.0 Å². The molecule has 0 spiro atoms. The number of nitrogens with zero attached hydrogens (tertiary/aromatic N) is 2. The van der Waals surface area contributed by atoms with Gasteiger partial charge in [0.1, 0.15) is 6.04 Å². The second-order valence-electron chi connectivity index (χ2n) is 10.4. The minimum atomic E-state index is -4.28. The summed E-state index contributed by atoms with van der Waals surface area (Å²) in [6, 6.07) is 26.7. The molecule has 0 fully saturated rings. The van der Waals surface area contributed by atoms with Crippen molar-refractivity contribution in [2.45, 2.75) is 49.6 Å². The van der Waals surface area contributed by atoms with Gasteiger partial charge in [0.2, 0.25) is 10.0 Å². The number of sulfonamides is 2. The first-order valence-electron chi connectivity index (χ1n) is 13.4. The maximum atomic E-state index is 14.4. The van der Waals surface area contributed by atoms with Gasteiger partial charge >= 0.3 is 0 Å². The van der Waals surface area contributed by atoms with Crippen molar-refractivity contribution in [1.82, 2.24) is 9.14 Å². The van der Waals surface area contributed by atoms with Crippen LogP contribution in [0.5, 0.6) is 0 Å². The Hall–Kier alpha value is -3.50. The molecule has 0 saturated carbocycles. The zero-order chi connectivity index (χ0) is 30.5. The van der Waals surface area contributed by atoms with E-state index in [9.17, 15) is 16.8 Å². The van der Waals surface area contributed by atoms with Gasteiger partial charge in [-0.1, -0.05) is 103 Å². The molecular formula is C32H34ClN3O4S2. The topological polar surface area (TPSA) is 95.9 Å². The fourth-order valence-corrected chi connectivity index (χ4v) is 7.36. The van der Waals surface area contributed by atoms with Gasteiger partial charge in [0.05, 0.1) is 22.0 Å². The van der Waals surface area contributed by atoms with E-state index in [4.69, 9.17) is 11.6 Å². The van der Waals surface area contributed by atoms with E-state index in [0.29, 0.717) is 16.1 Å². The molecule has 0 saturated heterocycles. The van der Waals surface area contributed by atoms with Crippen molar-refractivity contribution >= 4 is 37.9 Å². The van der Waals surface area contributed by atoms with E-state index in [1.165, 1.54) is 30.5 Å². The van der Waals surface area contributed by atoms with Gasteiger partial charge in [-0.05, 0) is 67.3 Å². The minimum absolute atomic E-state index is 0.0289. The molecule has 2 unspecified atom stereocenters. The summed E-state index contributed by atoms with van der Waals surface area (Å²) in [5.74, 6) is -0.353. The van der Waals surface area contributed by atoms with Crippen LogP contribution in [0.1, 0.15) is 42.1 Å². The summed E-state index contributed by atoms with van der Waals surface area (Å²) in [6.45, 7) is 7.41. The predicted octanol–water partition coefficient (Wildman–Crippen LogP) is 6.73. The molecular weight excluding hydrogens is 590 g/mol. The maximum Gasteiger partial charge on any atom is 0.279 e. The largest absolute Gasteiger partial charge is 0.279 e. The number of aryl methyl sites for hydroxylation is 2. The Kier molecular flexibility index (Phi) is 9.89. The second kappa shape index (κ2) is 13.2. The number of hydrogen-bond donors (Lipinski definition) is 1. The SMILES string of the molecule is Cc1ccc(S(=O)(=O)NC(C(C)C)C(c2ccc(Cl)cc2)N(/N=C/c2ccccc2)S(=O)(=O)c2ccc(C)cc2)cc1. The molecule has 0 aliphatic heterocycles. The van der Waals surface area contributed by atoms with Gasteiger partial charge in [0.15, 0.2) is 0 Å². The lowest BCUT2D eigenvalue weighted by atomic mass is 9.92. The second-order valence-corrected chi connectivity index (χ2v) is 14.4. The summed E-state index contributed by atoms with van der Waals surface area (Å²) in [5, 5.41) is 4.99. The first kappa shape index (κ1) is 31.4. The van der Waals surface area contributed by atoms with Crippen molar-refractivity contribution in [1.29, 1.82) is 0 Å². The summed E-state index contributed by atoms with van der Waals surface area (Å²) in [5.41, 5.74) is 3.01. The third-order valence-electron chi connectivity index (χ3n) is 6.82. The van der Waals surface area contributed by atoms with E-state index >= 15 is 0 Å². The molecule has 4 aromatic carbocycles. The molecule has 2 atom stereocenters. The molecule has 4 rings (SSSR count). The number of rotatable bonds is 11. The van der Waals surface area contributed by atoms with Crippen LogP contribution in [0.2, 0.25) is 5.02 Å². The highest BCUT2D eigenvalue weighted by Gasteiger charge is 2.40. The zero-order valence-corrected chi connectivity index (χ0v) is 26.2. The highest BCUT2D eigenvalue weighted by Crippen LogP contribution is 2.35. The molecule has 1 N–H and O–H groups in total. The average molecular weight is 624 g/mol. The first-order chi connectivity index (χ1) is 19.9. The van der Waals surface area contributed by atoms with E-state index < -0.39 is 32.1 Å². The molecule has 0 aliphatic rings. The number of benzene rings is 4. The van der Waals surface area contributed by atoms with Crippen LogP contribution in [0.4, 0.5) is 0 Å². The van der Waals surface area contributed by atoms with Crippen LogP contribution in [0, 0.1) is 19.8 Å². The summed E-state index contributed by atoms with van der Waals surface area (Å²) >= 11 is 6.21. The first-order valence-corrected chi connectivity index (χ1v) is 16.7. The van der Waals surface area contributed by atoms with Crippen LogP contribution in [0.15, 0.2) is 118 Å². The fraction of sp³-hybridized carbons (Fsp3) is 0.219. The molecule has 220 valence electrons. The highest BCUT2D eigenvalue weighted by molar-refractivity contribution is 7.89. The molecule has 10 heteroatoms. The Morgan fingerprint density at radius 3 is 1.79 bits per heavy atom. The summed E-state index contributed by atoms with van der Waals surface area (Å²) in [6.07, 6.45) is 1.46.